The van der Waals surface area contributed by atoms with Crippen molar-refractivity contribution < 1.29 is 4.74 Å². The Morgan fingerprint density at radius 1 is 1.29 bits per heavy atom. The maximum Gasteiger partial charge on any atom is 0.170 e. The van der Waals surface area contributed by atoms with Gasteiger partial charge in [-0.25, -0.2) is 0 Å². The quantitative estimate of drug-likeness (QED) is 0.472. The van der Waals surface area contributed by atoms with Gasteiger partial charge in [0.1, 0.15) is 18.2 Å². The van der Waals surface area contributed by atoms with Crippen LogP contribution in [0, 0.1) is 6.92 Å². The summed E-state index contributed by atoms with van der Waals surface area (Å²) in [6, 6.07) is 8.10. The summed E-state index contributed by atoms with van der Waals surface area (Å²) in [5.41, 5.74) is 9.71. The minimum absolute atomic E-state index is 0.128. The zero-order chi connectivity index (χ0) is 16.9. The Morgan fingerprint density at radius 3 is 2.79 bits per heavy atom. The van der Waals surface area contributed by atoms with Crippen molar-refractivity contribution in [2.45, 2.75) is 51.2 Å². The summed E-state index contributed by atoms with van der Waals surface area (Å²) in [4.78, 5) is 2.91. The van der Waals surface area contributed by atoms with E-state index in [0.717, 1.165) is 43.1 Å². The second-order valence-corrected chi connectivity index (χ2v) is 6.35. The van der Waals surface area contributed by atoms with Crippen LogP contribution in [0.2, 0.25) is 0 Å². The molecule has 0 saturated heterocycles. The van der Waals surface area contributed by atoms with Crippen LogP contribution in [0.15, 0.2) is 29.4 Å². The Kier molecular flexibility index (Phi) is 5.01. The average Bonchev–Trinajstić information content (AvgIpc) is 2.95. The maximum absolute atomic E-state index is 8.54. The minimum Gasteiger partial charge on any atom is -0.486 e. The van der Waals surface area contributed by atoms with Crippen LogP contribution in [0.3, 0.4) is 0 Å². The highest BCUT2D eigenvalue weighted by Crippen LogP contribution is 2.33. The average molecular weight is 326 g/mol. The van der Waals surface area contributed by atoms with Gasteiger partial charge in [0, 0.05) is 23.9 Å². The molecule has 2 aromatic rings. The van der Waals surface area contributed by atoms with Crippen LogP contribution >= 0.6 is 0 Å². The predicted molar refractivity (Wildman–Crippen MR) is 90.7 cm³/mol. The predicted octanol–water partition coefficient (Wildman–Crippen LogP) is 4.04. The van der Waals surface area contributed by atoms with E-state index < -0.39 is 0 Å². The largest absolute Gasteiger partial charge is 0.486 e. The molecule has 7 heteroatoms. The van der Waals surface area contributed by atoms with Gasteiger partial charge in [0.15, 0.2) is 5.82 Å². The molecular formula is C17H22N6O. The smallest absolute Gasteiger partial charge is 0.170 e. The molecule has 1 aliphatic carbocycles. The number of azide groups is 1. The van der Waals surface area contributed by atoms with E-state index in [4.69, 9.17) is 10.3 Å². The SMILES string of the molecule is Cc1cccc(OCc2nnc(C3CCC(N=[N+]=[N-])CC3)n2C)c1. The first kappa shape index (κ1) is 16.3. The molecule has 0 N–H and O–H groups in total. The summed E-state index contributed by atoms with van der Waals surface area (Å²) >= 11 is 0. The van der Waals surface area contributed by atoms with Gasteiger partial charge in [-0.15, -0.1) is 10.2 Å². The lowest BCUT2D eigenvalue weighted by Crippen LogP contribution is -2.18. The van der Waals surface area contributed by atoms with Gasteiger partial charge in [-0.2, -0.15) is 0 Å². The first-order valence-electron chi connectivity index (χ1n) is 8.29. The van der Waals surface area contributed by atoms with Crippen molar-refractivity contribution in [1.29, 1.82) is 0 Å². The third-order valence-electron chi connectivity index (χ3n) is 4.63. The summed E-state index contributed by atoms with van der Waals surface area (Å²) in [6.45, 7) is 2.45. The highest BCUT2D eigenvalue weighted by molar-refractivity contribution is 5.27. The summed E-state index contributed by atoms with van der Waals surface area (Å²) in [6.07, 6.45) is 3.79. The zero-order valence-electron chi connectivity index (χ0n) is 14.1. The molecule has 1 fully saturated rings. The molecule has 1 aromatic heterocycles. The van der Waals surface area contributed by atoms with Gasteiger partial charge in [-0.05, 0) is 55.8 Å². The molecule has 3 rings (SSSR count). The van der Waals surface area contributed by atoms with Gasteiger partial charge in [-0.1, -0.05) is 17.2 Å². The first-order chi connectivity index (χ1) is 11.7. The molecule has 0 atom stereocenters. The van der Waals surface area contributed by atoms with Crippen LogP contribution in [0.4, 0.5) is 0 Å². The summed E-state index contributed by atoms with van der Waals surface area (Å²) in [5, 5.41) is 12.5. The van der Waals surface area contributed by atoms with E-state index in [1.165, 1.54) is 5.56 Å². The second kappa shape index (κ2) is 7.36. The van der Waals surface area contributed by atoms with E-state index in [1.54, 1.807) is 0 Å². The van der Waals surface area contributed by atoms with Crippen molar-refractivity contribution in [2.24, 2.45) is 12.2 Å². The Bertz CT molecular complexity index is 741. The van der Waals surface area contributed by atoms with Crippen LogP contribution in [0.5, 0.6) is 5.75 Å². The monoisotopic (exact) mass is 326 g/mol. The molecule has 24 heavy (non-hydrogen) atoms. The van der Waals surface area contributed by atoms with Gasteiger partial charge in [-0.3, -0.25) is 0 Å². The van der Waals surface area contributed by atoms with Crippen LogP contribution in [-0.4, -0.2) is 20.8 Å². The Labute approximate surface area is 141 Å². The van der Waals surface area contributed by atoms with Crippen molar-refractivity contribution in [3.8, 4) is 5.75 Å². The standard InChI is InChI=1S/C17H22N6O/c1-12-4-3-5-15(10-12)24-11-16-20-21-17(23(16)2)13-6-8-14(9-7-13)19-22-18/h3-5,10,13-14H,6-9,11H2,1-2H3. The number of ether oxygens (including phenoxy) is 1. The lowest BCUT2D eigenvalue weighted by Gasteiger charge is -2.24. The van der Waals surface area contributed by atoms with Gasteiger partial charge in [0.25, 0.3) is 0 Å². The highest BCUT2D eigenvalue weighted by atomic mass is 16.5. The topological polar surface area (TPSA) is 88.7 Å². The lowest BCUT2D eigenvalue weighted by atomic mass is 9.86. The fourth-order valence-corrected chi connectivity index (χ4v) is 3.23. The maximum atomic E-state index is 8.54. The van der Waals surface area contributed by atoms with Crippen molar-refractivity contribution in [2.75, 3.05) is 0 Å². The number of aromatic nitrogens is 3. The highest BCUT2D eigenvalue weighted by Gasteiger charge is 2.25. The molecule has 7 nitrogen and oxygen atoms in total. The molecule has 0 radical (unpaired) electrons. The molecule has 1 heterocycles. The van der Waals surface area contributed by atoms with E-state index in [1.807, 2.05) is 42.8 Å². The normalized spacial score (nSPS) is 20.4. The molecule has 126 valence electrons. The van der Waals surface area contributed by atoms with E-state index in [2.05, 4.69) is 20.2 Å². The van der Waals surface area contributed by atoms with E-state index >= 15 is 0 Å². The molecule has 1 aromatic carbocycles. The van der Waals surface area contributed by atoms with E-state index in [9.17, 15) is 0 Å². The fourth-order valence-electron chi connectivity index (χ4n) is 3.23. The summed E-state index contributed by atoms with van der Waals surface area (Å²) in [5.74, 6) is 3.04. The Hall–Kier alpha value is -2.53. The van der Waals surface area contributed by atoms with Gasteiger partial charge in [0.2, 0.25) is 0 Å². The van der Waals surface area contributed by atoms with Crippen molar-refractivity contribution in [1.82, 2.24) is 14.8 Å². The lowest BCUT2D eigenvalue weighted by molar-refractivity contribution is 0.289. The summed E-state index contributed by atoms with van der Waals surface area (Å²) < 4.78 is 7.86. The van der Waals surface area contributed by atoms with Gasteiger partial charge >= 0.3 is 0 Å². The van der Waals surface area contributed by atoms with Gasteiger partial charge in [0.05, 0.1) is 0 Å². The van der Waals surface area contributed by atoms with Crippen LogP contribution in [0.1, 0.15) is 48.8 Å². The number of hydrogen-bond donors (Lipinski definition) is 0. The third kappa shape index (κ3) is 3.68. The zero-order valence-corrected chi connectivity index (χ0v) is 14.1. The second-order valence-electron chi connectivity index (χ2n) is 6.35. The molecule has 0 unspecified atom stereocenters. The molecular weight excluding hydrogens is 304 g/mol. The first-order valence-corrected chi connectivity index (χ1v) is 8.29. The summed E-state index contributed by atoms with van der Waals surface area (Å²) in [7, 11) is 1.99. The molecule has 0 bridgehead atoms. The number of hydrogen-bond acceptors (Lipinski definition) is 4. The van der Waals surface area contributed by atoms with E-state index in [-0.39, 0.29) is 6.04 Å². The van der Waals surface area contributed by atoms with Crippen LogP contribution in [-0.2, 0) is 13.7 Å². The number of nitrogens with zero attached hydrogens (tertiary/aromatic N) is 6. The molecule has 1 saturated carbocycles. The van der Waals surface area contributed by atoms with Crippen molar-refractivity contribution in [3.05, 3.63) is 51.9 Å². The van der Waals surface area contributed by atoms with Crippen molar-refractivity contribution >= 4 is 0 Å². The number of rotatable bonds is 5. The molecule has 1 aliphatic rings. The Balaban J connectivity index is 1.63. The Morgan fingerprint density at radius 2 is 2.08 bits per heavy atom. The van der Waals surface area contributed by atoms with Crippen LogP contribution in [0.25, 0.3) is 10.4 Å². The fraction of sp³-hybridized carbons (Fsp3) is 0.529. The molecule has 0 aliphatic heterocycles. The van der Waals surface area contributed by atoms with E-state index in [0.29, 0.717) is 12.5 Å². The van der Waals surface area contributed by atoms with Gasteiger partial charge < -0.3 is 9.30 Å². The number of benzene rings is 1. The molecule has 0 spiro atoms. The molecule has 0 amide bonds. The van der Waals surface area contributed by atoms with Crippen molar-refractivity contribution in [3.63, 3.8) is 0 Å². The number of aryl methyl sites for hydroxylation is 1. The third-order valence-corrected chi connectivity index (χ3v) is 4.63. The minimum atomic E-state index is 0.128. The van der Waals surface area contributed by atoms with Crippen LogP contribution < -0.4 is 4.74 Å².